The molecule has 0 heterocycles. The van der Waals surface area contributed by atoms with Crippen molar-refractivity contribution in [2.24, 2.45) is 0 Å². The van der Waals surface area contributed by atoms with Crippen molar-refractivity contribution in [3.05, 3.63) is 0 Å². The maximum absolute atomic E-state index is 9.84. The van der Waals surface area contributed by atoms with E-state index in [2.05, 4.69) is 25.7 Å². The van der Waals surface area contributed by atoms with E-state index < -0.39 is 5.60 Å². The van der Waals surface area contributed by atoms with Crippen LogP contribution in [0.1, 0.15) is 46.5 Å². The summed E-state index contributed by atoms with van der Waals surface area (Å²) in [7, 11) is 0. The lowest BCUT2D eigenvalue weighted by Crippen LogP contribution is -2.25. The van der Waals surface area contributed by atoms with Gasteiger partial charge in [-0.05, 0) is 19.8 Å². The Bertz CT molecular complexity index is 144. The van der Waals surface area contributed by atoms with Crippen LogP contribution in [0.15, 0.2) is 0 Å². The summed E-state index contributed by atoms with van der Waals surface area (Å²) >= 11 is 0. The average molecular weight is 154 g/mol. The lowest BCUT2D eigenvalue weighted by atomic mass is 9.93. The Labute approximate surface area is 69.8 Å². The first-order valence-electron chi connectivity index (χ1n) is 4.34. The number of rotatable bonds is 4. The van der Waals surface area contributed by atoms with Crippen molar-refractivity contribution < 1.29 is 5.11 Å². The fourth-order valence-electron chi connectivity index (χ4n) is 1.31. The van der Waals surface area contributed by atoms with Gasteiger partial charge in [0.1, 0.15) is 5.60 Å². The summed E-state index contributed by atoms with van der Waals surface area (Å²) in [6, 6.07) is 0. The minimum atomic E-state index is -0.710. The number of hydrogen-bond donors (Lipinski definition) is 1. The molecule has 0 aromatic heterocycles. The molecule has 0 spiro atoms. The van der Waals surface area contributed by atoms with Crippen LogP contribution >= 0.6 is 0 Å². The molecule has 0 aliphatic heterocycles. The largest absolute Gasteiger partial charge is 0.378 e. The highest BCUT2D eigenvalue weighted by molar-refractivity contribution is 5.11. The third kappa shape index (κ3) is 4.06. The van der Waals surface area contributed by atoms with Crippen molar-refractivity contribution >= 4 is 0 Å². The molecular weight excluding hydrogens is 136 g/mol. The lowest BCUT2D eigenvalue weighted by molar-refractivity contribution is 0.0807. The predicted molar refractivity (Wildman–Crippen MR) is 48.2 cm³/mol. The molecule has 0 aromatic rings. The molecule has 1 heteroatoms. The Morgan fingerprint density at radius 1 is 1.18 bits per heavy atom. The van der Waals surface area contributed by atoms with Gasteiger partial charge in [0.05, 0.1) is 0 Å². The molecule has 0 aromatic carbocycles. The van der Waals surface area contributed by atoms with Crippen LogP contribution < -0.4 is 0 Å². The van der Waals surface area contributed by atoms with Crippen molar-refractivity contribution in [2.45, 2.75) is 52.1 Å². The lowest BCUT2D eigenvalue weighted by Gasteiger charge is -2.20. The van der Waals surface area contributed by atoms with E-state index in [9.17, 15) is 5.11 Å². The summed E-state index contributed by atoms with van der Waals surface area (Å²) in [6.07, 6.45) is 3.57. The molecule has 64 valence electrons. The maximum Gasteiger partial charge on any atom is 0.125 e. The third-order valence-electron chi connectivity index (χ3n) is 1.68. The molecule has 0 radical (unpaired) electrons. The maximum atomic E-state index is 9.84. The SMILES string of the molecule is CC#CC(O)(CCC)CCC. The third-order valence-corrected chi connectivity index (χ3v) is 1.68. The van der Waals surface area contributed by atoms with E-state index in [0.717, 1.165) is 25.7 Å². The standard InChI is InChI=1S/C10H18O/c1-4-7-10(11,8-5-2)9-6-3/h11H,4-5,7-8H2,1-3H3. The second kappa shape index (κ2) is 5.21. The Hall–Kier alpha value is -0.480. The first-order valence-corrected chi connectivity index (χ1v) is 4.34. The van der Waals surface area contributed by atoms with Gasteiger partial charge in [0, 0.05) is 0 Å². The first kappa shape index (κ1) is 10.5. The summed E-state index contributed by atoms with van der Waals surface area (Å²) in [4.78, 5) is 0. The fourth-order valence-corrected chi connectivity index (χ4v) is 1.31. The summed E-state index contributed by atoms with van der Waals surface area (Å²) in [5, 5.41) is 9.84. The Morgan fingerprint density at radius 3 is 1.91 bits per heavy atom. The Kier molecular flexibility index (Phi) is 4.98. The van der Waals surface area contributed by atoms with E-state index in [4.69, 9.17) is 0 Å². The fraction of sp³-hybridized carbons (Fsp3) is 0.800. The average Bonchev–Trinajstić information content (AvgIpc) is 1.88. The van der Waals surface area contributed by atoms with Gasteiger partial charge in [-0.25, -0.2) is 0 Å². The summed E-state index contributed by atoms with van der Waals surface area (Å²) in [6.45, 7) is 5.91. The first-order chi connectivity index (χ1) is 5.18. The zero-order chi connectivity index (χ0) is 8.74. The van der Waals surface area contributed by atoms with Gasteiger partial charge in [-0.1, -0.05) is 32.6 Å². The molecule has 0 bridgehead atoms. The van der Waals surface area contributed by atoms with Gasteiger partial charge < -0.3 is 5.11 Å². The summed E-state index contributed by atoms with van der Waals surface area (Å²) < 4.78 is 0. The van der Waals surface area contributed by atoms with Crippen LogP contribution in [-0.2, 0) is 0 Å². The molecule has 0 rings (SSSR count). The highest BCUT2D eigenvalue weighted by atomic mass is 16.3. The minimum absolute atomic E-state index is 0.710. The van der Waals surface area contributed by atoms with Crippen molar-refractivity contribution in [3.8, 4) is 11.8 Å². The van der Waals surface area contributed by atoms with Crippen LogP contribution in [0.25, 0.3) is 0 Å². The van der Waals surface area contributed by atoms with Gasteiger partial charge in [0.15, 0.2) is 0 Å². The van der Waals surface area contributed by atoms with Crippen molar-refractivity contribution in [1.29, 1.82) is 0 Å². The number of aliphatic hydroxyl groups is 1. The second-order valence-electron chi connectivity index (χ2n) is 2.91. The van der Waals surface area contributed by atoms with Crippen LogP contribution in [0.3, 0.4) is 0 Å². The van der Waals surface area contributed by atoms with E-state index >= 15 is 0 Å². The molecule has 0 fully saturated rings. The van der Waals surface area contributed by atoms with Gasteiger partial charge in [-0.2, -0.15) is 0 Å². The smallest absolute Gasteiger partial charge is 0.125 e. The van der Waals surface area contributed by atoms with Gasteiger partial charge in [0.2, 0.25) is 0 Å². The molecule has 1 N–H and O–H groups in total. The van der Waals surface area contributed by atoms with E-state index in [1.54, 1.807) is 6.92 Å². The van der Waals surface area contributed by atoms with Gasteiger partial charge in [-0.3, -0.25) is 0 Å². The van der Waals surface area contributed by atoms with Crippen LogP contribution in [-0.4, -0.2) is 10.7 Å². The predicted octanol–water partition coefficient (Wildman–Crippen LogP) is 2.34. The molecule has 1 nitrogen and oxygen atoms in total. The molecule has 0 saturated carbocycles. The topological polar surface area (TPSA) is 20.2 Å². The molecule has 0 aliphatic carbocycles. The molecule has 0 aliphatic rings. The molecule has 0 atom stereocenters. The van der Waals surface area contributed by atoms with E-state index in [1.165, 1.54) is 0 Å². The number of hydrogen-bond acceptors (Lipinski definition) is 1. The van der Waals surface area contributed by atoms with E-state index in [1.807, 2.05) is 0 Å². The van der Waals surface area contributed by atoms with Crippen molar-refractivity contribution in [2.75, 3.05) is 0 Å². The molecule has 0 unspecified atom stereocenters. The van der Waals surface area contributed by atoms with Crippen molar-refractivity contribution in [3.63, 3.8) is 0 Å². The van der Waals surface area contributed by atoms with Crippen LogP contribution in [0.5, 0.6) is 0 Å². The van der Waals surface area contributed by atoms with E-state index in [0.29, 0.717) is 0 Å². The van der Waals surface area contributed by atoms with Crippen LogP contribution in [0, 0.1) is 11.8 Å². The zero-order valence-corrected chi connectivity index (χ0v) is 7.78. The van der Waals surface area contributed by atoms with Gasteiger partial charge in [0.25, 0.3) is 0 Å². The summed E-state index contributed by atoms with van der Waals surface area (Å²) in [5.41, 5.74) is -0.710. The van der Waals surface area contributed by atoms with Gasteiger partial charge in [-0.15, -0.1) is 5.92 Å². The highest BCUT2D eigenvalue weighted by Crippen LogP contribution is 2.17. The normalized spacial score (nSPS) is 10.5. The Morgan fingerprint density at radius 2 is 1.64 bits per heavy atom. The van der Waals surface area contributed by atoms with Crippen LogP contribution in [0.2, 0.25) is 0 Å². The quantitative estimate of drug-likeness (QED) is 0.616. The monoisotopic (exact) mass is 154 g/mol. The minimum Gasteiger partial charge on any atom is -0.378 e. The summed E-state index contributed by atoms with van der Waals surface area (Å²) in [5.74, 6) is 5.64. The molecule has 0 amide bonds. The molecular formula is C10H18O. The second-order valence-corrected chi connectivity index (χ2v) is 2.91. The van der Waals surface area contributed by atoms with E-state index in [-0.39, 0.29) is 0 Å². The molecule has 11 heavy (non-hydrogen) atoms. The Balaban J connectivity index is 4.08. The molecule has 0 saturated heterocycles. The zero-order valence-electron chi connectivity index (χ0n) is 7.78. The van der Waals surface area contributed by atoms with Crippen LogP contribution in [0.4, 0.5) is 0 Å². The highest BCUT2D eigenvalue weighted by Gasteiger charge is 2.20. The van der Waals surface area contributed by atoms with Gasteiger partial charge >= 0.3 is 0 Å². The van der Waals surface area contributed by atoms with Crippen molar-refractivity contribution in [1.82, 2.24) is 0 Å².